The first-order chi connectivity index (χ1) is 11.3. The molecule has 3 rings (SSSR count). The van der Waals surface area contributed by atoms with Crippen molar-refractivity contribution < 1.29 is 22.1 Å². The lowest BCUT2D eigenvalue weighted by atomic mass is 10.1. The number of hydrogen-bond donors (Lipinski definition) is 0. The van der Waals surface area contributed by atoms with Gasteiger partial charge in [-0.3, -0.25) is 4.79 Å². The van der Waals surface area contributed by atoms with E-state index in [0.29, 0.717) is 17.8 Å². The summed E-state index contributed by atoms with van der Waals surface area (Å²) in [6.07, 6.45) is -4.78. The zero-order valence-corrected chi connectivity index (χ0v) is 12.1. The maximum atomic E-state index is 13.6. The maximum Gasteiger partial charge on any atom is 0.419 e. The minimum atomic E-state index is -4.78. The van der Waals surface area contributed by atoms with E-state index in [2.05, 4.69) is 10.1 Å². The second-order valence-corrected chi connectivity index (χ2v) is 4.92. The molecule has 0 saturated heterocycles. The molecule has 0 amide bonds. The molecule has 0 bridgehead atoms. The molecule has 124 valence electrons. The highest BCUT2D eigenvalue weighted by Crippen LogP contribution is 2.33. The molecule has 24 heavy (non-hydrogen) atoms. The summed E-state index contributed by atoms with van der Waals surface area (Å²) in [5.74, 6) is -1.53. The molecule has 0 atom stereocenters. The van der Waals surface area contributed by atoms with Crippen LogP contribution in [-0.4, -0.2) is 14.7 Å². The van der Waals surface area contributed by atoms with E-state index >= 15 is 0 Å². The van der Waals surface area contributed by atoms with Crippen molar-refractivity contribution >= 4 is 0 Å². The summed E-state index contributed by atoms with van der Waals surface area (Å²) in [6.45, 7) is 0. The van der Waals surface area contributed by atoms with Crippen LogP contribution in [-0.2, 0) is 13.2 Å². The van der Waals surface area contributed by atoms with Gasteiger partial charge in [-0.15, -0.1) is 0 Å². The molecule has 5 nitrogen and oxygen atoms in total. The second-order valence-electron chi connectivity index (χ2n) is 4.92. The molecule has 0 aliphatic carbocycles. The number of rotatable bonds is 2. The van der Waals surface area contributed by atoms with Gasteiger partial charge >= 0.3 is 6.18 Å². The molecule has 2 heterocycles. The standard InChI is InChI=1S/C15H9F4N3O2/c1-22-11(3-2-4-12(22)23)14-20-13(21-24-14)8-5-6-9(10(16)7-8)15(17,18)19/h2-7H,1H3. The van der Waals surface area contributed by atoms with Crippen LogP contribution in [0.5, 0.6) is 0 Å². The summed E-state index contributed by atoms with van der Waals surface area (Å²) in [5, 5.41) is 3.62. The van der Waals surface area contributed by atoms with E-state index < -0.39 is 17.6 Å². The van der Waals surface area contributed by atoms with Crippen molar-refractivity contribution in [3.8, 4) is 23.0 Å². The fourth-order valence-corrected chi connectivity index (χ4v) is 2.11. The molecular formula is C15H9F4N3O2. The van der Waals surface area contributed by atoms with Crippen LogP contribution < -0.4 is 5.56 Å². The number of pyridine rings is 1. The molecule has 0 aliphatic heterocycles. The van der Waals surface area contributed by atoms with Crippen LogP contribution in [0.15, 0.2) is 45.7 Å². The zero-order valence-electron chi connectivity index (χ0n) is 12.1. The van der Waals surface area contributed by atoms with Crippen LogP contribution in [0.4, 0.5) is 17.6 Å². The summed E-state index contributed by atoms with van der Waals surface area (Å²) >= 11 is 0. The lowest BCUT2D eigenvalue weighted by molar-refractivity contribution is -0.139. The molecule has 0 unspecified atom stereocenters. The maximum absolute atomic E-state index is 13.6. The van der Waals surface area contributed by atoms with Crippen molar-refractivity contribution in [3.05, 3.63) is 58.1 Å². The van der Waals surface area contributed by atoms with Crippen molar-refractivity contribution in [1.82, 2.24) is 14.7 Å². The first kappa shape index (κ1) is 15.9. The van der Waals surface area contributed by atoms with Gasteiger partial charge in [0.25, 0.3) is 11.4 Å². The van der Waals surface area contributed by atoms with Gasteiger partial charge in [0.2, 0.25) is 5.82 Å². The third kappa shape index (κ3) is 2.80. The van der Waals surface area contributed by atoms with E-state index in [9.17, 15) is 22.4 Å². The normalized spacial score (nSPS) is 11.7. The lowest BCUT2D eigenvalue weighted by Gasteiger charge is -2.07. The smallest absolute Gasteiger partial charge is 0.332 e. The molecule has 0 fully saturated rings. The SMILES string of the molecule is Cn1c(-c2nc(-c3ccc(C(F)(F)F)c(F)c3)no2)cccc1=O. The number of hydrogen-bond acceptors (Lipinski definition) is 4. The van der Waals surface area contributed by atoms with Crippen LogP contribution in [0.25, 0.3) is 23.0 Å². The first-order valence-electron chi connectivity index (χ1n) is 6.64. The number of nitrogens with zero attached hydrogens (tertiary/aromatic N) is 3. The Labute approximate surface area is 132 Å². The minimum absolute atomic E-state index is 0.00879. The Morgan fingerprint density at radius 1 is 1.17 bits per heavy atom. The Morgan fingerprint density at radius 2 is 1.92 bits per heavy atom. The molecule has 0 saturated carbocycles. The third-order valence-electron chi connectivity index (χ3n) is 3.36. The van der Waals surface area contributed by atoms with Crippen molar-refractivity contribution in [2.24, 2.45) is 7.05 Å². The van der Waals surface area contributed by atoms with Gasteiger partial charge in [0.15, 0.2) is 0 Å². The second kappa shape index (κ2) is 5.59. The Balaban J connectivity index is 2.01. The highest BCUT2D eigenvalue weighted by molar-refractivity contribution is 5.58. The lowest BCUT2D eigenvalue weighted by Crippen LogP contribution is -2.16. The molecule has 0 spiro atoms. The number of benzene rings is 1. The molecule has 0 radical (unpaired) electrons. The summed E-state index contributed by atoms with van der Waals surface area (Å²) in [4.78, 5) is 15.6. The largest absolute Gasteiger partial charge is 0.419 e. The quantitative estimate of drug-likeness (QED) is 0.673. The van der Waals surface area contributed by atoms with Gasteiger partial charge < -0.3 is 9.09 Å². The van der Waals surface area contributed by atoms with Crippen LogP contribution in [0.2, 0.25) is 0 Å². The molecular weight excluding hydrogens is 330 g/mol. The van der Waals surface area contributed by atoms with Crippen molar-refractivity contribution in [1.29, 1.82) is 0 Å². The summed E-state index contributed by atoms with van der Waals surface area (Å²) in [7, 11) is 1.50. The predicted molar refractivity (Wildman–Crippen MR) is 75.4 cm³/mol. The minimum Gasteiger partial charge on any atom is -0.332 e. The van der Waals surface area contributed by atoms with E-state index in [0.717, 1.165) is 6.07 Å². The summed E-state index contributed by atoms with van der Waals surface area (Å²) in [5.41, 5.74) is -1.32. The molecule has 9 heteroatoms. The van der Waals surface area contributed by atoms with Crippen molar-refractivity contribution in [3.63, 3.8) is 0 Å². The molecule has 0 aliphatic rings. The van der Waals surface area contributed by atoms with E-state index in [1.54, 1.807) is 6.07 Å². The van der Waals surface area contributed by atoms with Crippen molar-refractivity contribution in [2.75, 3.05) is 0 Å². The Morgan fingerprint density at radius 3 is 2.58 bits per heavy atom. The summed E-state index contributed by atoms with van der Waals surface area (Å²) in [6, 6.07) is 6.74. The first-order valence-corrected chi connectivity index (χ1v) is 6.64. The number of halogens is 4. The van der Waals surface area contributed by atoms with E-state index in [1.165, 1.54) is 23.7 Å². The monoisotopic (exact) mass is 339 g/mol. The van der Waals surface area contributed by atoms with Gasteiger partial charge in [-0.1, -0.05) is 17.3 Å². The van der Waals surface area contributed by atoms with Gasteiger partial charge in [0.1, 0.15) is 11.5 Å². The molecule has 2 aromatic heterocycles. The van der Waals surface area contributed by atoms with E-state index in [4.69, 9.17) is 4.52 Å². The van der Waals surface area contributed by atoms with Crippen LogP contribution in [0, 0.1) is 5.82 Å². The van der Waals surface area contributed by atoms with Gasteiger partial charge in [-0.05, 0) is 18.2 Å². The van der Waals surface area contributed by atoms with Gasteiger partial charge in [-0.25, -0.2) is 4.39 Å². The average molecular weight is 339 g/mol. The topological polar surface area (TPSA) is 60.9 Å². The van der Waals surface area contributed by atoms with Gasteiger partial charge in [0.05, 0.1) is 5.56 Å². The van der Waals surface area contributed by atoms with Crippen LogP contribution >= 0.6 is 0 Å². The molecule has 1 aromatic carbocycles. The Kier molecular flexibility index (Phi) is 3.70. The average Bonchev–Trinajstić information content (AvgIpc) is 2.98. The fraction of sp³-hybridized carbons (Fsp3) is 0.133. The third-order valence-corrected chi connectivity index (χ3v) is 3.36. The zero-order chi connectivity index (χ0) is 17.5. The Bertz CT molecular complexity index is 960. The van der Waals surface area contributed by atoms with E-state index in [1.807, 2.05) is 0 Å². The predicted octanol–water partition coefficient (Wildman–Crippen LogP) is 3.26. The fourth-order valence-electron chi connectivity index (χ4n) is 2.11. The van der Waals surface area contributed by atoms with Crippen LogP contribution in [0.1, 0.15) is 5.56 Å². The number of alkyl halides is 3. The summed E-state index contributed by atoms with van der Waals surface area (Å²) < 4.78 is 57.6. The highest BCUT2D eigenvalue weighted by Gasteiger charge is 2.34. The van der Waals surface area contributed by atoms with Crippen molar-refractivity contribution in [2.45, 2.75) is 6.18 Å². The molecule has 3 aromatic rings. The Hall–Kier alpha value is -2.97. The highest BCUT2D eigenvalue weighted by atomic mass is 19.4. The van der Waals surface area contributed by atoms with E-state index in [-0.39, 0.29) is 22.8 Å². The number of aromatic nitrogens is 3. The van der Waals surface area contributed by atoms with Gasteiger partial charge in [0, 0.05) is 18.7 Å². The van der Waals surface area contributed by atoms with Crippen LogP contribution in [0.3, 0.4) is 0 Å². The van der Waals surface area contributed by atoms with Gasteiger partial charge in [-0.2, -0.15) is 18.2 Å². The molecule has 0 N–H and O–H groups in total.